The number of nitrogens with two attached hydrogens (primary N) is 1. The van der Waals surface area contributed by atoms with Crippen molar-refractivity contribution in [2.24, 2.45) is 5.73 Å². The fourth-order valence-corrected chi connectivity index (χ4v) is 3.81. The average Bonchev–Trinajstić information content (AvgIpc) is 2.69. The summed E-state index contributed by atoms with van der Waals surface area (Å²) in [5.74, 6) is -2.23. The van der Waals surface area contributed by atoms with Crippen molar-refractivity contribution in [1.82, 2.24) is 0 Å². The zero-order chi connectivity index (χ0) is 21.9. The summed E-state index contributed by atoms with van der Waals surface area (Å²) in [7, 11) is -4.11. The lowest BCUT2D eigenvalue weighted by Crippen LogP contribution is -2.16. The second-order valence-electron chi connectivity index (χ2n) is 6.12. The lowest BCUT2D eigenvalue weighted by atomic mass is 10.2. The summed E-state index contributed by atoms with van der Waals surface area (Å²) >= 11 is 5.95. The van der Waals surface area contributed by atoms with Gasteiger partial charge < -0.3 is 11.1 Å². The molecule has 0 fully saturated rings. The van der Waals surface area contributed by atoms with Crippen LogP contribution in [0.15, 0.2) is 71.6 Å². The highest BCUT2D eigenvalue weighted by Crippen LogP contribution is 2.23. The number of benzene rings is 3. The van der Waals surface area contributed by atoms with Crippen molar-refractivity contribution >= 4 is 44.8 Å². The molecule has 3 rings (SSSR count). The Bertz CT molecular complexity index is 1230. The van der Waals surface area contributed by atoms with Crippen LogP contribution >= 0.6 is 11.6 Å². The number of amides is 2. The Morgan fingerprint density at radius 2 is 1.63 bits per heavy atom. The standard InChI is InChI=1S/C20H15ClFN3O4S/c21-16-4-2-1-3-15(16)20(27)24-18-10-9-14(11-17(18)22)30(28,29)25-13-7-5-12(6-8-13)19(23)26/h1-11,25H,(H2,23,26)(H,24,27). The third-order valence-electron chi connectivity index (χ3n) is 4.04. The molecule has 0 saturated carbocycles. The van der Waals surface area contributed by atoms with Crippen molar-refractivity contribution in [3.8, 4) is 0 Å². The van der Waals surface area contributed by atoms with E-state index in [1.54, 1.807) is 12.1 Å². The Hall–Kier alpha value is -3.43. The number of sulfonamides is 1. The predicted molar refractivity (Wildman–Crippen MR) is 112 cm³/mol. The van der Waals surface area contributed by atoms with Gasteiger partial charge in [-0.3, -0.25) is 14.3 Å². The highest BCUT2D eigenvalue weighted by atomic mass is 35.5. The molecule has 0 spiro atoms. The van der Waals surface area contributed by atoms with Gasteiger partial charge in [0.1, 0.15) is 5.82 Å². The van der Waals surface area contributed by atoms with Crippen molar-refractivity contribution in [3.05, 3.63) is 88.7 Å². The van der Waals surface area contributed by atoms with E-state index >= 15 is 0 Å². The molecular formula is C20H15ClFN3O4S. The minimum atomic E-state index is -4.11. The number of carbonyl (C=O) groups excluding carboxylic acids is 2. The lowest BCUT2D eigenvalue weighted by Gasteiger charge is -2.11. The molecule has 0 atom stereocenters. The van der Waals surface area contributed by atoms with Gasteiger partial charge in [-0.1, -0.05) is 23.7 Å². The van der Waals surface area contributed by atoms with Crippen LogP contribution in [0.3, 0.4) is 0 Å². The zero-order valence-corrected chi connectivity index (χ0v) is 16.8. The predicted octanol–water partition coefficient (Wildman–Crippen LogP) is 3.63. The Kier molecular flexibility index (Phi) is 6.04. The zero-order valence-electron chi connectivity index (χ0n) is 15.2. The Balaban J connectivity index is 1.79. The van der Waals surface area contributed by atoms with E-state index in [4.69, 9.17) is 17.3 Å². The maximum Gasteiger partial charge on any atom is 0.261 e. The molecule has 0 aromatic heterocycles. The number of nitrogens with one attached hydrogen (secondary N) is 2. The van der Waals surface area contributed by atoms with Crippen LogP contribution in [0, 0.1) is 5.82 Å². The summed E-state index contributed by atoms with van der Waals surface area (Å²) in [6.45, 7) is 0. The molecule has 154 valence electrons. The van der Waals surface area contributed by atoms with Crippen LogP contribution in [0.25, 0.3) is 0 Å². The summed E-state index contributed by atoms with van der Waals surface area (Å²) in [6.07, 6.45) is 0. The fraction of sp³-hybridized carbons (Fsp3) is 0. The lowest BCUT2D eigenvalue weighted by molar-refractivity contribution is 0.0997. The van der Waals surface area contributed by atoms with E-state index in [9.17, 15) is 22.4 Å². The van der Waals surface area contributed by atoms with Crippen LogP contribution in [-0.4, -0.2) is 20.2 Å². The smallest absolute Gasteiger partial charge is 0.261 e. The molecule has 7 nitrogen and oxygen atoms in total. The maximum atomic E-state index is 14.4. The quantitative estimate of drug-likeness (QED) is 0.534. The molecule has 30 heavy (non-hydrogen) atoms. The van der Waals surface area contributed by atoms with E-state index in [-0.39, 0.29) is 32.4 Å². The molecule has 0 heterocycles. The Morgan fingerprint density at radius 1 is 0.967 bits per heavy atom. The van der Waals surface area contributed by atoms with E-state index in [1.165, 1.54) is 36.4 Å². The van der Waals surface area contributed by atoms with E-state index < -0.39 is 27.7 Å². The molecular weight excluding hydrogens is 433 g/mol. The largest absolute Gasteiger partial charge is 0.366 e. The molecule has 3 aromatic rings. The normalized spacial score (nSPS) is 11.0. The van der Waals surface area contributed by atoms with E-state index in [0.29, 0.717) is 0 Å². The number of hydrogen-bond acceptors (Lipinski definition) is 4. The van der Waals surface area contributed by atoms with Crippen molar-refractivity contribution < 1.29 is 22.4 Å². The van der Waals surface area contributed by atoms with Crippen LogP contribution in [-0.2, 0) is 10.0 Å². The summed E-state index contributed by atoms with van der Waals surface area (Å²) in [5, 5.41) is 2.55. The highest BCUT2D eigenvalue weighted by Gasteiger charge is 2.18. The van der Waals surface area contributed by atoms with Gasteiger partial charge in [0.2, 0.25) is 5.91 Å². The minimum Gasteiger partial charge on any atom is -0.366 e. The monoisotopic (exact) mass is 447 g/mol. The maximum absolute atomic E-state index is 14.4. The van der Waals surface area contributed by atoms with Crippen LogP contribution in [0.2, 0.25) is 5.02 Å². The van der Waals surface area contributed by atoms with Gasteiger partial charge in [-0.2, -0.15) is 0 Å². The summed E-state index contributed by atoms with van der Waals surface area (Å²) in [4.78, 5) is 23.0. The van der Waals surface area contributed by atoms with Crippen molar-refractivity contribution in [2.45, 2.75) is 4.90 Å². The van der Waals surface area contributed by atoms with E-state index in [2.05, 4.69) is 10.0 Å². The molecule has 0 aliphatic rings. The SMILES string of the molecule is NC(=O)c1ccc(NS(=O)(=O)c2ccc(NC(=O)c3ccccc3Cl)c(F)c2)cc1. The minimum absolute atomic E-state index is 0.149. The molecule has 0 aliphatic heterocycles. The molecule has 0 radical (unpaired) electrons. The molecule has 0 unspecified atom stereocenters. The Morgan fingerprint density at radius 3 is 2.23 bits per heavy atom. The second-order valence-corrected chi connectivity index (χ2v) is 8.21. The molecule has 2 amide bonds. The van der Waals surface area contributed by atoms with E-state index in [0.717, 1.165) is 18.2 Å². The van der Waals surface area contributed by atoms with Gasteiger partial charge >= 0.3 is 0 Å². The summed E-state index contributed by atoms with van der Waals surface area (Å²) < 4.78 is 41.7. The Labute approximate surface area is 176 Å². The molecule has 0 saturated heterocycles. The van der Waals surface area contributed by atoms with Crippen molar-refractivity contribution in [2.75, 3.05) is 10.0 Å². The van der Waals surface area contributed by atoms with Crippen LogP contribution in [0.1, 0.15) is 20.7 Å². The van der Waals surface area contributed by atoms with Crippen LogP contribution < -0.4 is 15.8 Å². The van der Waals surface area contributed by atoms with Gasteiger partial charge in [-0.05, 0) is 54.6 Å². The fourth-order valence-electron chi connectivity index (χ4n) is 2.52. The number of carbonyl (C=O) groups is 2. The number of rotatable bonds is 6. The molecule has 10 heteroatoms. The number of primary amides is 1. The van der Waals surface area contributed by atoms with Crippen molar-refractivity contribution in [3.63, 3.8) is 0 Å². The first-order valence-electron chi connectivity index (χ1n) is 8.45. The number of hydrogen-bond donors (Lipinski definition) is 3. The molecule has 4 N–H and O–H groups in total. The summed E-state index contributed by atoms with van der Waals surface area (Å²) in [6, 6.07) is 14.7. The van der Waals surface area contributed by atoms with Crippen molar-refractivity contribution in [1.29, 1.82) is 0 Å². The second kappa shape index (κ2) is 8.52. The third kappa shape index (κ3) is 4.76. The summed E-state index contributed by atoms with van der Waals surface area (Å²) in [5.41, 5.74) is 5.46. The van der Waals surface area contributed by atoms with Gasteiger partial charge in [-0.25, -0.2) is 12.8 Å². The van der Waals surface area contributed by atoms with E-state index in [1.807, 2.05) is 0 Å². The van der Waals surface area contributed by atoms with Gasteiger partial charge in [0.15, 0.2) is 0 Å². The highest BCUT2D eigenvalue weighted by molar-refractivity contribution is 7.92. The van der Waals surface area contributed by atoms with Gasteiger partial charge in [0, 0.05) is 11.3 Å². The first-order chi connectivity index (χ1) is 14.2. The molecule has 3 aromatic carbocycles. The number of anilines is 2. The first-order valence-corrected chi connectivity index (χ1v) is 10.3. The van der Waals surface area contributed by atoms with Crippen LogP contribution in [0.4, 0.5) is 15.8 Å². The topological polar surface area (TPSA) is 118 Å². The molecule has 0 bridgehead atoms. The van der Waals surface area contributed by atoms with Gasteiger partial charge in [-0.15, -0.1) is 0 Å². The molecule has 0 aliphatic carbocycles. The average molecular weight is 448 g/mol. The van der Waals surface area contributed by atoms with Gasteiger partial charge in [0.05, 0.1) is 21.2 Å². The number of halogens is 2. The van der Waals surface area contributed by atoms with Gasteiger partial charge in [0.25, 0.3) is 15.9 Å². The van der Waals surface area contributed by atoms with Crippen LogP contribution in [0.5, 0.6) is 0 Å². The third-order valence-corrected chi connectivity index (χ3v) is 5.75. The first kappa shape index (κ1) is 21.3.